The molecule has 0 aliphatic rings. The van der Waals surface area contributed by atoms with Crippen LogP contribution in [0.25, 0.3) is 0 Å². The third-order valence-corrected chi connectivity index (χ3v) is 2.85. The molecule has 4 heteroatoms. The minimum absolute atomic E-state index is 0.0490. The number of hydrogen-bond acceptors (Lipinski definition) is 3. The second kappa shape index (κ2) is 7.02. The maximum Gasteiger partial charge on any atom is 0.253 e. The highest BCUT2D eigenvalue weighted by Gasteiger charge is 2.11. The molecule has 0 atom stereocenters. The van der Waals surface area contributed by atoms with Gasteiger partial charge in [0.25, 0.3) is 5.91 Å². The van der Waals surface area contributed by atoms with E-state index in [1.807, 2.05) is 0 Å². The molecule has 1 amide bonds. The highest BCUT2D eigenvalue weighted by Crippen LogP contribution is 2.23. The van der Waals surface area contributed by atoms with E-state index in [0.717, 1.165) is 12.8 Å². The van der Waals surface area contributed by atoms with Gasteiger partial charge in [0.1, 0.15) is 5.75 Å². The smallest absolute Gasteiger partial charge is 0.253 e. The van der Waals surface area contributed by atoms with Crippen LogP contribution < -0.4 is 10.5 Å². The fraction of sp³-hybridized carbons (Fsp3) is 0.533. The van der Waals surface area contributed by atoms with Crippen LogP contribution in [-0.2, 0) is 0 Å². The molecule has 0 spiro atoms. The van der Waals surface area contributed by atoms with E-state index < -0.39 is 0 Å². The molecule has 0 fully saturated rings. The molecule has 0 saturated carbocycles. The average Bonchev–Trinajstić information content (AvgIpc) is 2.35. The Kier molecular flexibility index (Phi) is 5.67. The summed E-state index contributed by atoms with van der Waals surface area (Å²) in [5.74, 6) is 1.21. The first-order chi connectivity index (χ1) is 8.91. The number of ether oxygens (including phenoxy) is 1. The lowest BCUT2D eigenvalue weighted by molar-refractivity contribution is 0.0827. The fourth-order valence-corrected chi connectivity index (χ4v) is 1.72. The van der Waals surface area contributed by atoms with E-state index in [2.05, 4.69) is 13.8 Å². The van der Waals surface area contributed by atoms with Crippen molar-refractivity contribution < 1.29 is 9.53 Å². The number of nitrogens with two attached hydrogens (primary N) is 1. The third-order valence-electron chi connectivity index (χ3n) is 2.85. The molecule has 2 N–H and O–H groups in total. The van der Waals surface area contributed by atoms with Crippen molar-refractivity contribution in [3.05, 3.63) is 23.8 Å². The number of benzene rings is 1. The largest absolute Gasteiger partial charge is 0.491 e. The van der Waals surface area contributed by atoms with E-state index in [1.54, 1.807) is 32.3 Å². The van der Waals surface area contributed by atoms with Crippen LogP contribution in [0.2, 0.25) is 0 Å². The Morgan fingerprint density at radius 3 is 2.63 bits per heavy atom. The standard InChI is InChI=1S/C15H24N2O2/c1-11(2)6-5-9-19-14-10-12(7-8-13(14)16)15(18)17(3)4/h7-8,10-11H,5-6,9,16H2,1-4H3. The predicted octanol–water partition coefficient (Wildman–Crippen LogP) is 2.79. The Labute approximate surface area is 115 Å². The molecule has 0 radical (unpaired) electrons. The zero-order valence-corrected chi connectivity index (χ0v) is 12.3. The Hall–Kier alpha value is -1.71. The topological polar surface area (TPSA) is 55.6 Å². The van der Waals surface area contributed by atoms with Gasteiger partial charge in [0.2, 0.25) is 0 Å². The number of anilines is 1. The van der Waals surface area contributed by atoms with Gasteiger partial charge in [-0.2, -0.15) is 0 Å². The maximum absolute atomic E-state index is 11.9. The molecular formula is C15H24N2O2. The van der Waals surface area contributed by atoms with Crippen molar-refractivity contribution in [3.63, 3.8) is 0 Å². The van der Waals surface area contributed by atoms with Gasteiger partial charge >= 0.3 is 0 Å². The summed E-state index contributed by atoms with van der Waals surface area (Å²) in [5.41, 5.74) is 7.02. The van der Waals surface area contributed by atoms with Gasteiger partial charge in [0.15, 0.2) is 0 Å². The molecule has 1 rings (SSSR count). The van der Waals surface area contributed by atoms with Crippen LogP contribution >= 0.6 is 0 Å². The molecular weight excluding hydrogens is 240 g/mol. The van der Waals surface area contributed by atoms with Crippen LogP contribution in [0.4, 0.5) is 5.69 Å². The van der Waals surface area contributed by atoms with Gasteiger partial charge < -0.3 is 15.4 Å². The van der Waals surface area contributed by atoms with Crippen molar-refractivity contribution in [2.45, 2.75) is 26.7 Å². The van der Waals surface area contributed by atoms with Gasteiger partial charge in [-0.3, -0.25) is 4.79 Å². The van der Waals surface area contributed by atoms with E-state index in [9.17, 15) is 4.79 Å². The Morgan fingerprint density at radius 1 is 1.37 bits per heavy atom. The SMILES string of the molecule is CC(C)CCCOc1cc(C(=O)N(C)C)ccc1N. The minimum atomic E-state index is -0.0490. The second-order valence-corrected chi connectivity index (χ2v) is 5.34. The molecule has 4 nitrogen and oxygen atoms in total. The first-order valence-electron chi connectivity index (χ1n) is 6.65. The van der Waals surface area contributed by atoms with Gasteiger partial charge in [-0.15, -0.1) is 0 Å². The first kappa shape index (κ1) is 15.3. The summed E-state index contributed by atoms with van der Waals surface area (Å²) in [7, 11) is 3.45. The van der Waals surface area contributed by atoms with Crippen molar-refractivity contribution in [3.8, 4) is 5.75 Å². The fourth-order valence-electron chi connectivity index (χ4n) is 1.72. The highest BCUT2D eigenvalue weighted by molar-refractivity contribution is 5.94. The molecule has 19 heavy (non-hydrogen) atoms. The van der Waals surface area contributed by atoms with Crippen molar-refractivity contribution in [1.82, 2.24) is 4.90 Å². The van der Waals surface area contributed by atoms with Crippen LogP contribution in [-0.4, -0.2) is 31.5 Å². The van der Waals surface area contributed by atoms with E-state index >= 15 is 0 Å². The zero-order chi connectivity index (χ0) is 14.4. The number of nitrogen functional groups attached to an aromatic ring is 1. The summed E-state index contributed by atoms with van der Waals surface area (Å²) in [5, 5.41) is 0. The number of rotatable bonds is 6. The summed E-state index contributed by atoms with van der Waals surface area (Å²) < 4.78 is 5.66. The maximum atomic E-state index is 11.9. The Bertz CT molecular complexity index is 428. The molecule has 1 aromatic carbocycles. The molecule has 106 valence electrons. The number of carbonyl (C=O) groups excluding carboxylic acids is 1. The lowest BCUT2D eigenvalue weighted by Gasteiger charge is -2.13. The molecule has 0 aliphatic carbocycles. The van der Waals surface area contributed by atoms with Gasteiger partial charge in [-0.1, -0.05) is 13.8 Å². The van der Waals surface area contributed by atoms with E-state index in [0.29, 0.717) is 29.5 Å². The molecule has 1 aromatic rings. The Morgan fingerprint density at radius 2 is 2.05 bits per heavy atom. The van der Waals surface area contributed by atoms with E-state index in [1.165, 1.54) is 4.90 Å². The molecule has 0 aromatic heterocycles. The molecule has 0 heterocycles. The monoisotopic (exact) mass is 264 g/mol. The van der Waals surface area contributed by atoms with Crippen LogP contribution in [0.1, 0.15) is 37.0 Å². The predicted molar refractivity (Wildman–Crippen MR) is 78.4 cm³/mol. The first-order valence-corrected chi connectivity index (χ1v) is 6.65. The lowest BCUT2D eigenvalue weighted by Crippen LogP contribution is -2.21. The number of hydrogen-bond donors (Lipinski definition) is 1. The Balaban J connectivity index is 2.67. The third kappa shape index (κ3) is 4.81. The number of amides is 1. The summed E-state index contributed by atoms with van der Waals surface area (Å²) in [4.78, 5) is 13.4. The number of nitrogens with zero attached hydrogens (tertiary/aromatic N) is 1. The van der Waals surface area contributed by atoms with E-state index in [4.69, 9.17) is 10.5 Å². The van der Waals surface area contributed by atoms with Gasteiger partial charge in [0.05, 0.1) is 12.3 Å². The van der Waals surface area contributed by atoms with Crippen molar-refractivity contribution in [2.75, 3.05) is 26.4 Å². The van der Waals surface area contributed by atoms with Gasteiger partial charge in [0, 0.05) is 19.7 Å². The lowest BCUT2D eigenvalue weighted by atomic mass is 10.1. The van der Waals surface area contributed by atoms with Crippen LogP contribution in [0.15, 0.2) is 18.2 Å². The minimum Gasteiger partial charge on any atom is -0.491 e. The summed E-state index contributed by atoms with van der Waals surface area (Å²) in [6.07, 6.45) is 2.11. The quantitative estimate of drug-likeness (QED) is 0.635. The van der Waals surface area contributed by atoms with Crippen molar-refractivity contribution >= 4 is 11.6 Å². The van der Waals surface area contributed by atoms with E-state index in [-0.39, 0.29) is 5.91 Å². The van der Waals surface area contributed by atoms with Gasteiger partial charge in [-0.05, 0) is 37.0 Å². The van der Waals surface area contributed by atoms with Crippen molar-refractivity contribution in [2.24, 2.45) is 5.92 Å². The highest BCUT2D eigenvalue weighted by atomic mass is 16.5. The summed E-state index contributed by atoms with van der Waals surface area (Å²) in [6, 6.07) is 5.15. The van der Waals surface area contributed by atoms with Crippen LogP contribution in [0, 0.1) is 5.92 Å². The molecule has 0 saturated heterocycles. The normalized spacial score (nSPS) is 10.6. The summed E-state index contributed by atoms with van der Waals surface area (Å²) in [6.45, 7) is 5.00. The molecule has 0 aliphatic heterocycles. The van der Waals surface area contributed by atoms with Crippen molar-refractivity contribution in [1.29, 1.82) is 0 Å². The van der Waals surface area contributed by atoms with Gasteiger partial charge in [-0.25, -0.2) is 0 Å². The summed E-state index contributed by atoms with van der Waals surface area (Å²) >= 11 is 0. The second-order valence-electron chi connectivity index (χ2n) is 5.34. The number of carbonyl (C=O) groups is 1. The zero-order valence-electron chi connectivity index (χ0n) is 12.3. The van der Waals surface area contributed by atoms with Crippen LogP contribution in [0.5, 0.6) is 5.75 Å². The average molecular weight is 264 g/mol. The molecule has 0 bridgehead atoms. The molecule has 0 unspecified atom stereocenters. The van der Waals surface area contributed by atoms with Crippen LogP contribution in [0.3, 0.4) is 0 Å².